The smallest absolute Gasteiger partial charge is 0.190 e. The topological polar surface area (TPSA) is 62.9 Å². The van der Waals surface area contributed by atoms with Gasteiger partial charge in [0, 0.05) is 61.1 Å². The van der Waals surface area contributed by atoms with E-state index in [0.29, 0.717) is 33.5 Å². The van der Waals surface area contributed by atoms with Crippen molar-refractivity contribution in [2.45, 2.75) is 27.7 Å². The monoisotopic (exact) mass is 400 g/mol. The van der Waals surface area contributed by atoms with Crippen LogP contribution in [-0.4, -0.2) is 16.1 Å². The minimum absolute atomic E-state index is 0.120. The van der Waals surface area contributed by atoms with E-state index in [-0.39, 0.29) is 11.6 Å². The van der Waals surface area contributed by atoms with Crippen molar-refractivity contribution in [3.8, 4) is 6.07 Å². The third-order valence-corrected chi connectivity index (χ3v) is 6.97. The number of allylic oxidation sites excluding steroid dienone is 4. The molecule has 0 spiro atoms. The highest BCUT2D eigenvalue weighted by Crippen LogP contribution is 2.44. The lowest BCUT2D eigenvalue weighted by Crippen LogP contribution is -2.21. The Morgan fingerprint density at radius 1 is 0.966 bits per heavy atom. The number of nitrogens with zero attached hydrogens (tertiary/aromatic N) is 2. The van der Waals surface area contributed by atoms with E-state index in [4.69, 9.17) is 0 Å². The molecule has 5 heteroatoms. The highest BCUT2D eigenvalue weighted by atomic mass is 32.1. The minimum Gasteiger partial charge on any atom is -0.339 e. The summed E-state index contributed by atoms with van der Waals surface area (Å²) in [6.07, 6.45) is 0. The Bertz CT molecular complexity index is 1340. The summed E-state index contributed by atoms with van der Waals surface area (Å²) in [6, 6.07) is 11.8. The highest BCUT2D eigenvalue weighted by Gasteiger charge is 2.35. The summed E-state index contributed by atoms with van der Waals surface area (Å²) in [5.41, 5.74) is 4.53. The Kier molecular flexibility index (Phi) is 4.40. The van der Waals surface area contributed by atoms with E-state index in [1.807, 2.05) is 38.1 Å². The molecule has 0 unspecified atom stereocenters. The van der Waals surface area contributed by atoms with E-state index in [1.165, 1.54) is 0 Å². The summed E-state index contributed by atoms with van der Waals surface area (Å²) in [7, 11) is 1.80. The van der Waals surface area contributed by atoms with Gasteiger partial charge >= 0.3 is 0 Å². The zero-order chi connectivity index (χ0) is 21.0. The molecule has 0 saturated heterocycles. The van der Waals surface area contributed by atoms with Gasteiger partial charge < -0.3 is 4.57 Å². The van der Waals surface area contributed by atoms with Crippen LogP contribution >= 0.6 is 11.3 Å². The van der Waals surface area contributed by atoms with Gasteiger partial charge in [0.1, 0.15) is 11.8 Å². The van der Waals surface area contributed by atoms with E-state index >= 15 is 0 Å². The number of thiophene rings is 1. The molecule has 1 aromatic carbocycles. The fourth-order valence-electron chi connectivity index (χ4n) is 3.98. The molecule has 0 fully saturated rings. The maximum Gasteiger partial charge on any atom is 0.190 e. The molecule has 0 aliphatic heterocycles. The van der Waals surface area contributed by atoms with Crippen LogP contribution in [0, 0.1) is 25.2 Å². The minimum atomic E-state index is -0.148. The van der Waals surface area contributed by atoms with Gasteiger partial charge in [0.15, 0.2) is 11.6 Å². The molecule has 2 heterocycles. The molecule has 4 nitrogen and oxygen atoms in total. The van der Waals surface area contributed by atoms with E-state index in [9.17, 15) is 14.9 Å². The Hall–Kier alpha value is -3.23. The quantitative estimate of drug-likeness (QED) is 0.560. The van der Waals surface area contributed by atoms with Crippen LogP contribution < -0.4 is 0 Å². The van der Waals surface area contributed by atoms with E-state index < -0.39 is 0 Å². The first-order chi connectivity index (χ1) is 13.8. The number of fused-ring (bicyclic) bond motifs is 1. The van der Waals surface area contributed by atoms with Gasteiger partial charge in [-0.1, -0.05) is 18.2 Å². The number of ketones is 2. The molecule has 0 atom stereocenters. The molecule has 0 saturated carbocycles. The number of rotatable bonds is 2. The van der Waals surface area contributed by atoms with E-state index in [1.54, 1.807) is 42.9 Å². The van der Waals surface area contributed by atoms with Crippen LogP contribution in [-0.2, 0) is 16.6 Å². The number of aryl methyl sites for hydroxylation is 1. The largest absolute Gasteiger partial charge is 0.339 e. The van der Waals surface area contributed by atoms with Gasteiger partial charge in [0.25, 0.3) is 0 Å². The average Bonchev–Trinajstić information content (AvgIpc) is 3.19. The van der Waals surface area contributed by atoms with E-state index in [0.717, 1.165) is 26.2 Å². The number of hydrogen-bond acceptors (Lipinski definition) is 4. The lowest BCUT2D eigenvalue weighted by molar-refractivity contribution is -0.113. The normalized spacial score (nSPS) is 14.9. The predicted octanol–water partition coefficient (Wildman–Crippen LogP) is 5.13. The molecule has 3 aromatic rings. The number of nitriles is 1. The van der Waals surface area contributed by atoms with Gasteiger partial charge in [-0.25, -0.2) is 0 Å². The number of carbonyl (C=O) groups excluding carboxylic acids is 2. The maximum atomic E-state index is 13.5. The highest BCUT2D eigenvalue weighted by molar-refractivity contribution is 7.19. The lowest BCUT2D eigenvalue weighted by Gasteiger charge is -2.22. The zero-order valence-corrected chi connectivity index (χ0v) is 17.8. The molecule has 0 amide bonds. The Morgan fingerprint density at radius 3 is 2.21 bits per heavy atom. The second kappa shape index (κ2) is 6.68. The SMILES string of the molecule is CC1=C(C)C(=O)C(c2c(C)sc3ccccc23)=C(c2cc(C#N)n(C)c2C)C1=O. The maximum absolute atomic E-state index is 13.5. The Balaban J connectivity index is 2.16. The van der Waals surface area contributed by atoms with Crippen molar-refractivity contribution in [2.75, 3.05) is 0 Å². The first-order valence-corrected chi connectivity index (χ1v) is 10.2. The molecule has 0 bridgehead atoms. The zero-order valence-electron chi connectivity index (χ0n) is 17.0. The molecule has 0 N–H and O–H groups in total. The van der Waals surface area contributed by atoms with Gasteiger partial charge in [0.05, 0.1) is 0 Å². The summed E-state index contributed by atoms with van der Waals surface area (Å²) in [5.74, 6) is -0.268. The molecular weight excluding hydrogens is 380 g/mol. The lowest BCUT2D eigenvalue weighted by atomic mass is 9.79. The van der Waals surface area contributed by atoms with Crippen LogP contribution in [0.4, 0.5) is 0 Å². The van der Waals surface area contributed by atoms with Crippen LogP contribution in [0.25, 0.3) is 21.2 Å². The number of hydrogen-bond donors (Lipinski definition) is 0. The molecule has 144 valence electrons. The number of aromatic nitrogens is 1. The first kappa shape index (κ1) is 19.1. The summed E-state index contributed by atoms with van der Waals surface area (Å²) in [6.45, 7) is 7.28. The second-order valence-corrected chi connectivity index (χ2v) is 8.64. The molecule has 2 aromatic heterocycles. The number of Topliss-reactive ketones (excluding diaryl/α,β-unsaturated/α-hetero) is 2. The van der Waals surface area contributed by atoms with Crippen molar-refractivity contribution in [1.82, 2.24) is 4.57 Å². The van der Waals surface area contributed by atoms with Crippen molar-refractivity contribution >= 4 is 44.1 Å². The standard InChI is InChI=1S/C24H20N2O2S/c1-12-13(2)24(28)22(20-15(4)29-19-9-7-6-8-17(19)20)21(23(12)27)18-10-16(11-25)26(5)14(18)3/h6-10H,1-5H3. The average molecular weight is 401 g/mol. The molecule has 1 aliphatic rings. The summed E-state index contributed by atoms with van der Waals surface area (Å²) < 4.78 is 2.84. The summed E-state index contributed by atoms with van der Waals surface area (Å²) >= 11 is 1.62. The van der Waals surface area contributed by atoms with E-state index in [2.05, 4.69) is 6.07 Å². The molecule has 1 aliphatic carbocycles. The Morgan fingerprint density at radius 2 is 1.59 bits per heavy atom. The first-order valence-electron chi connectivity index (χ1n) is 9.34. The van der Waals surface area contributed by atoms with Gasteiger partial charge in [0.2, 0.25) is 0 Å². The van der Waals surface area contributed by atoms with Crippen LogP contribution in [0.15, 0.2) is 41.5 Å². The van der Waals surface area contributed by atoms with Gasteiger partial charge in [-0.3, -0.25) is 9.59 Å². The summed E-state index contributed by atoms with van der Waals surface area (Å²) in [4.78, 5) is 27.9. The van der Waals surface area contributed by atoms with Gasteiger partial charge in [-0.2, -0.15) is 5.26 Å². The molecule has 0 radical (unpaired) electrons. The third kappa shape index (κ3) is 2.64. The summed E-state index contributed by atoms with van der Waals surface area (Å²) in [5, 5.41) is 10.4. The van der Waals surface area contributed by atoms with Crippen molar-refractivity contribution in [3.05, 3.63) is 68.9 Å². The van der Waals surface area contributed by atoms with Crippen LogP contribution in [0.1, 0.15) is 41.2 Å². The van der Waals surface area contributed by atoms with Crippen molar-refractivity contribution in [1.29, 1.82) is 5.26 Å². The molecule has 4 rings (SSSR count). The van der Waals surface area contributed by atoms with Gasteiger partial charge in [-0.05, 0) is 39.8 Å². The van der Waals surface area contributed by atoms with Crippen LogP contribution in [0.3, 0.4) is 0 Å². The third-order valence-electron chi connectivity index (χ3n) is 5.89. The second-order valence-electron chi connectivity index (χ2n) is 7.39. The fourth-order valence-corrected chi connectivity index (χ4v) is 5.05. The molecular formula is C24H20N2O2S. The predicted molar refractivity (Wildman–Crippen MR) is 117 cm³/mol. The van der Waals surface area contributed by atoms with Gasteiger partial charge in [-0.15, -0.1) is 11.3 Å². The Labute approximate surface area is 173 Å². The van der Waals surface area contributed by atoms with Crippen LogP contribution in [0.5, 0.6) is 0 Å². The van der Waals surface area contributed by atoms with Crippen molar-refractivity contribution in [2.24, 2.45) is 7.05 Å². The molecule has 29 heavy (non-hydrogen) atoms. The van der Waals surface area contributed by atoms with Crippen LogP contribution in [0.2, 0.25) is 0 Å². The van der Waals surface area contributed by atoms with Crippen molar-refractivity contribution < 1.29 is 9.59 Å². The van der Waals surface area contributed by atoms with Crippen molar-refractivity contribution in [3.63, 3.8) is 0 Å². The number of carbonyl (C=O) groups is 2. The number of benzene rings is 1. The fraction of sp³-hybridized carbons (Fsp3) is 0.208.